The quantitative estimate of drug-likeness (QED) is 0.667. The van der Waals surface area contributed by atoms with E-state index in [0.717, 1.165) is 0 Å². The van der Waals surface area contributed by atoms with E-state index in [9.17, 15) is 4.79 Å². The van der Waals surface area contributed by atoms with Gasteiger partial charge >= 0.3 is 0 Å². The predicted molar refractivity (Wildman–Crippen MR) is 42.8 cm³/mol. The van der Waals surface area contributed by atoms with E-state index in [4.69, 9.17) is 5.11 Å². The van der Waals surface area contributed by atoms with E-state index in [1.54, 1.807) is 6.92 Å². The number of hydrogen-bond acceptors (Lipinski definition) is 4. The highest BCUT2D eigenvalue weighted by atomic mass is 32.1. The van der Waals surface area contributed by atoms with E-state index in [-0.39, 0.29) is 11.8 Å². The molecule has 0 aliphatic carbocycles. The number of aromatic nitrogens is 1. The molecule has 0 aliphatic rings. The number of carbonyl (C=O) groups excluding carboxylic acids is 1. The molecule has 0 saturated carbocycles. The third kappa shape index (κ3) is 1.91. The van der Waals surface area contributed by atoms with E-state index in [1.165, 1.54) is 18.3 Å². The first-order valence-corrected chi connectivity index (χ1v) is 3.85. The van der Waals surface area contributed by atoms with Crippen molar-refractivity contribution in [3.63, 3.8) is 0 Å². The average Bonchev–Trinajstić information content (AvgIpc) is 2.10. The number of nitrogens with one attached hydrogen (secondary N) is 1. The van der Waals surface area contributed by atoms with Crippen molar-refractivity contribution in [1.29, 1.82) is 0 Å². The lowest BCUT2D eigenvalue weighted by Gasteiger charge is -1.91. The van der Waals surface area contributed by atoms with Crippen LogP contribution >= 0.6 is 11.3 Å². The van der Waals surface area contributed by atoms with E-state index >= 15 is 0 Å². The van der Waals surface area contributed by atoms with Crippen molar-refractivity contribution < 1.29 is 9.90 Å². The smallest absolute Gasteiger partial charge is 0.226 e. The third-order valence-electron chi connectivity index (χ3n) is 1.06. The molecule has 5 heteroatoms. The lowest BCUT2D eigenvalue weighted by molar-refractivity contribution is -0.114. The molecule has 60 valence electrons. The molecule has 0 unspecified atom stereocenters. The molecular weight excluding hydrogens is 164 g/mol. The maximum atomic E-state index is 10.5. The zero-order valence-corrected chi connectivity index (χ0v) is 7.03. The first-order valence-electron chi connectivity index (χ1n) is 3.03. The number of nitrogens with zero attached hydrogens (tertiary/aromatic N) is 1. The Labute approximate surface area is 67.9 Å². The molecule has 4 nitrogen and oxygen atoms in total. The summed E-state index contributed by atoms with van der Waals surface area (Å²) in [5.41, 5.74) is 0. The molecule has 1 aromatic heterocycles. The third-order valence-corrected chi connectivity index (χ3v) is 1.93. The lowest BCUT2D eigenvalue weighted by Crippen LogP contribution is -2.04. The molecule has 0 radical (unpaired) electrons. The second-order valence-corrected chi connectivity index (χ2v) is 3.28. The lowest BCUT2D eigenvalue weighted by atomic mass is 10.6. The molecule has 0 spiro atoms. The fourth-order valence-corrected chi connectivity index (χ4v) is 1.35. The molecule has 0 atom stereocenters. The Morgan fingerprint density at radius 3 is 2.73 bits per heavy atom. The summed E-state index contributed by atoms with van der Waals surface area (Å²) in [7, 11) is 0. The van der Waals surface area contributed by atoms with Gasteiger partial charge in [-0.05, 0) is 6.92 Å². The SMILES string of the molecule is CC(=O)Nc1nc(O)c(C)s1. The molecule has 1 rings (SSSR count). The van der Waals surface area contributed by atoms with Crippen molar-refractivity contribution >= 4 is 22.4 Å². The Morgan fingerprint density at radius 1 is 1.73 bits per heavy atom. The summed E-state index contributed by atoms with van der Waals surface area (Å²) in [6.07, 6.45) is 0. The van der Waals surface area contributed by atoms with Gasteiger partial charge in [0, 0.05) is 6.92 Å². The predicted octanol–water partition coefficient (Wildman–Crippen LogP) is 1.12. The van der Waals surface area contributed by atoms with Crippen LogP contribution in [-0.4, -0.2) is 16.0 Å². The van der Waals surface area contributed by atoms with Gasteiger partial charge in [-0.1, -0.05) is 11.3 Å². The summed E-state index contributed by atoms with van der Waals surface area (Å²) in [5.74, 6) is -0.197. The van der Waals surface area contributed by atoms with Crippen LogP contribution in [0, 0.1) is 6.92 Å². The molecular formula is C6H8N2O2S. The molecule has 1 heterocycles. The summed E-state index contributed by atoms with van der Waals surface area (Å²) in [4.78, 5) is 14.9. The molecule has 2 N–H and O–H groups in total. The van der Waals surface area contributed by atoms with Gasteiger partial charge in [0.25, 0.3) is 0 Å². The maximum Gasteiger partial charge on any atom is 0.226 e. The first-order chi connectivity index (χ1) is 5.09. The van der Waals surface area contributed by atoms with Gasteiger partial charge in [0.15, 0.2) is 5.13 Å². The zero-order valence-electron chi connectivity index (χ0n) is 6.21. The molecule has 11 heavy (non-hydrogen) atoms. The van der Waals surface area contributed by atoms with Crippen molar-refractivity contribution in [3.05, 3.63) is 4.88 Å². The summed E-state index contributed by atoms with van der Waals surface area (Å²) >= 11 is 1.25. The van der Waals surface area contributed by atoms with Gasteiger partial charge in [-0.15, -0.1) is 0 Å². The van der Waals surface area contributed by atoms with Gasteiger partial charge in [-0.25, -0.2) is 0 Å². The fourth-order valence-electron chi connectivity index (χ4n) is 0.592. The van der Waals surface area contributed by atoms with Crippen LogP contribution in [0.2, 0.25) is 0 Å². The number of rotatable bonds is 1. The molecule has 0 fully saturated rings. The van der Waals surface area contributed by atoms with Gasteiger partial charge in [0.2, 0.25) is 11.8 Å². The summed E-state index contributed by atoms with van der Waals surface area (Å²) in [6.45, 7) is 3.13. The minimum Gasteiger partial charge on any atom is -0.492 e. The Morgan fingerprint density at radius 2 is 2.36 bits per heavy atom. The van der Waals surface area contributed by atoms with Crippen molar-refractivity contribution in [3.8, 4) is 5.88 Å². The number of thiazole rings is 1. The minimum absolute atomic E-state index is 0.0150. The molecule has 1 aromatic rings. The second-order valence-electron chi connectivity index (χ2n) is 2.08. The molecule has 0 saturated heterocycles. The van der Waals surface area contributed by atoms with Gasteiger partial charge in [-0.3, -0.25) is 4.79 Å². The van der Waals surface area contributed by atoms with Crippen molar-refractivity contribution in [2.45, 2.75) is 13.8 Å². The number of aryl methyl sites for hydroxylation is 1. The standard InChI is InChI=1S/C6H8N2O2S/c1-3-5(10)8-6(11-3)7-4(2)9/h10H,1-2H3,(H,7,8,9). The van der Waals surface area contributed by atoms with Gasteiger partial charge < -0.3 is 10.4 Å². The summed E-state index contributed by atoms with van der Waals surface area (Å²) in [5, 5.41) is 11.9. The average molecular weight is 172 g/mol. The summed E-state index contributed by atoms with van der Waals surface area (Å²) < 4.78 is 0. The van der Waals surface area contributed by atoms with Crippen LogP contribution in [0.15, 0.2) is 0 Å². The Hall–Kier alpha value is -1.10. The van der Waals surface area contributed by atoms with Crippen LogP contribution < -0.4 is 5.32 Å². The van der Waals surface area contributed by atoms with Crippen LogP contribution in [0.4, 0.5) is 5.13 Å². The van der Waals surface area contributed by atoms with Gasteiger partial charge in [0.05, 0.1) is 4.88 Å². The van der Waals surface area contributed by atoms with Gasteiger partial charge in [-0.2, -0.15) is 4.98 Å². The van der Waals surface area contributed by atoms with Crippen LogP contribution in [-0.2, 0) is 4.79 Å². The Kier molecular flexibility index (Phi) is 2.09. The molecule has 0 aliphatic heterocycles. The zero-order chi connectivity index (χ0) is 8.43. The largest absolute Gasteiger partial charge is 0.492 e. The van der Waals surface area contributed by atoms with Crippen LogP contribution in [0.3, 0.4) is 0 Å². The van der Waals surface area contributed by atoms with E-state index < -0.39 is 0 Å². The monoisotopic (exact) mass is 172 g/mol. The van der Waals surface area contributed by atoms with Crippen molar-refractivity contribution in [2.24, 2.45) is 0 Å². The topological polar surface area (TPSA) is 62.2 Å². The highest BCUT2D eigenvalue weighted by Crippen LogP contribution is 2.26. The Bertz CT molecular complexity index is 263. The van der Waals surface area contributed by atoms with Crippen LogP contribution in [0.1, 0.15) is 11.8 Å². The van der Waals surface area contributed by atoms with Crippen molar-refractivity contribution in [2.75, 3.05) is 5.32 Å². The number of carbonyl (C=O) groups is 1. The van der Waals surface area contributed by atoms with Crippen molar-refractivity contribution in [1.82, 2.24) is 4.98 Å². The minimum atomic E-state index is -0.182. The number of anilines is 1. The second kappa shape index (κ2) is 2.87. The maximum absolute atomic E-state index is 10.5. The first kappa shape index (κ1) is 8.00. The van der Waals surface area contributed by atoms with Crippen LogP contribution in [0.25, 0.3) is 0 Å². The van der Waals surface area contributed by atoms with E-state index in [2.05, 4.69) is 10.3 Å². The van der Waals surface area contributed by atoms with Gasteiger partial charge in [0.1, 0.15) is 0 Å². The molecule has 0 aromatic carbocycles. The normalized spacial score (nSPS) is 9.64. The molecule has 1 amide bonds. The highest BCUT2D eigenvalue weighted by Gasteiger charge is 2.05. The Balaban J connectivity index is 2.81. The number of aromatic hydroxyl groups is 1. The number of hydrogen-bond donors (Lipinski definition) is 2. The van der Waals surface area contributed by atoms with E-state index in [0.29, 0.717) is 10.0 Å². The highest BCUT2D eigenvalue weighted by molar-refractivity contribution is 7.16. The molecule has 0 bridgehead atoms. The van der Waals surface area contributed by atoms with E-state index in [1.807, 2.05) is 0 Å². The van der Waals surface area contributed by atoms with Crippen LogP contribution in [0.5, 0.6) is 5.88 Å². The number of amides is 1. The fraction of sp³-hybridized carbons (Fsp3) is 0.333. The summed E-state index contributed by atoms with van der Waals surface area (Å²) in [6, 6.07) is 0.